The Kier molecular flexibility index (Phi) is 5.51. The monoisotopic (exact) mass is 418 g/mol. The lowest BCUT2D eigenvalue weighted by atomic mass is 9.97. The number of hydrogen-bond donors (Lipinski definition) is 1. The lowest BCUT2D eigenvalue weighted by Gasteiger charge is -2.31. The van der Waals surface area contributed by atoms with E-state index in [4.69, 9.17) is 4.74 Å². The van der Waals surface area contributed by atoms with Gasteiger partial charge in [0.1, 0.15) is 0 Å². The summed E-state index contributed by atoms with van der Waals surface area (Å²) in [4.78, 5) is 26.9. The predicted molar refractivity (Wildman–Crippen MR) is 104 cm³/mol. The van der Waals surface area contributed by atoms with Crippen LogP contribution in [-0.4, -0.2) is 36.5 Å². The van der Waals surface area contributed by atoms with Gasteiger partial charge in [0.2, 0.25) is 5.91 Å². The number of amides is 2. The number of benzene rings is 2. The van der Waals surface area contributed by atoms with Gasteiger partial charge in [-0.1, -0.05) is 6.07 Å². The molecule has 1 N–H and O–H groups in total. The van der Waals surface area contributed by atoms with Crippen molar-refractivity contribution < 1.29 is 27.5 Å². The van der Waals surface area contributed by atoms with E-state index < -0.39 is 17.6 Å². The van der Waals surface area contributed by atoms with Crippen molar-refractivity contribution in [2.24, 2.45) is 5.92 Å². The highest BCUT2D eigenvalue weighted by Gasteiger charge is 2.31. The third-order valence-electron chi connectivity index (χ3n) is 5.54. The van der Waals surface area contributed by atoms with Crippen LogP contribution < -0.4 is 5.32 Å². The van der Waals surface area contributed by atoms with Crippen LogP contribution in [0.25, 0.3) is 0 Å². The molecule has 0 spiro atoms. The molecule has 5 nitrogen and oxygen atoms in total. The molecule has 1 atom stereocenters. The summed E-state index contributed by atoms with van der Waals surface area (Å²) in [6.07, 6.45) is -2.96. The average Bonchev–Trinajstić information content (AvgIpc) is 3.27. The lowest BCUT2D eigenvalue weighted by molar-refractivity contribution is -0.138. The molecule has 0 saturated carbocycles. The van der Waals surface area contributed by atoms with E-state index in [9.17, 15) is 22.8 Å². The number of alkyl halides is 3. The van der Waals surface area contributed by atoms with E-state index >= 15 is 0 Å². The van der Waals surface area contributed by atoms with E-state index in [-0.39, 0.29) is 17.4 Å². The first-order valence-corrected chi connectivity index (χ1v) is 9.78. The number of rotatable bonds is 3. The third-order valence-corrected chi connectivity index (χ3v) is 5.54. The van der Waals surface area contributed by atoms with Crippen LogP contribution in [0, 0.1) is 5.92 Å². The first kappa shape index (κ1) is 20.4. The van der Waals surface area contributed by atoms with E-state index in [0.29, 0.717) is 32.0 Å². The summed E-state index contributed by atoms with van der Waals surface area (Å²) in [6, 6.07) is 9.58. The number of nitrogens with one attached hydrogen (secondary N) is 1. The first-order valence-electron chi connectivity index (χ1n) is 9.78. The van der Waals surface area contributed by atoms with Gasteiger partial charge in [-0.2, -0.15) is 13.2 Å². The second kappa shape index (κ2) is 8.10. The number of fused-ring (bicyclic) bond motifs is 1. The van der Waals surface area contributed by atoms with Crippen LogP contribution in [0.3, 0.4) is 0 Å². The molecule has 2 aromatic carbocycles. The molecule has 1 fully saturated rings. The summed E-state index contributed by atoms with van der Waals surface area (Å²) in [6.45, 7) is 2.20. The fraction of sp³-hybridized carbons (Fsp3) is 0.364. The second-order valence-electron chi connectivity index (χ2n) is 7.58. The fourth-order valence-corrected chi connectivity index (χ4v) is 3.82. The molecule has 0 aromatic heterocycles. The topological polar surface area (TPSA) is 58.6 Å². The van der Waals surface area contributed by atoms with Gasteiger partial charge in [0, 0.05) is 30.9 Å². The molecule has 2 aliphatic heterocycles. The molecule has 1 saturated heterocycles. The molecule has 2 aliphatic rings. The molecule has 30 heavy (non-hydrogen) atoms. The minimum atomic E-state index is -4.44. The molecule has 1 unspecified atom stereocenters. The van der Waals surface area contributed by atoms with Crippen molar-refractivity contribution in [1.82, 2.24) is 4.90 Å². The smallest absolute Gasteiger partial charge is 0.381 e. The zero-order valence-electron chi connectivity index (χ0n) is 16.2. The Morgan fingerprint density at radius 2 is 1.83 bits per heavy atom. The van der Waals surface area contributed by atoms with Crippen molar-refractivity contribution in [2.45, 2.75) is 25.6 Å². The van der Waals surface area contributed by atoms with Gasteiger partial charge in [-0.3, -0.25) is 9.59 Å². The van der Waals surface area contributed by atoms with Gasteiger partial charge in [-0.15, -0.1) is 0 Å². The van der Waals surface area contributed by atoms with Gasteiger partial charge in [0.05, 0.1) is 18.1 Å². The summed E-state index contributed by atoms with van der Waals surface area (Å²) in [7, 11) is 0. The summed E-state index contributed by atoms with van der Waals surface area (Å²) in [5.74, 6) is -0.484. The highest BCUT2D eigenvalue weighted by Crippen LogP contribution is 2.29. The molecule has 0 bridgehead atoms. The van der Waals surface area contributed by atoms with Crippen LogP contribution in [-0.2, 0) is 28.7 Å². The van der Waals surface area contributed by atoms with Crippen LogP contribution in [0.4, 0.5) is 18.9 Å². The summed E-state index contributed by atoms with van der Waals surface area (Å²) in [5, 5.41) is 2.72. The van der Waals surface area contributed by atoms with E-state index in [2.05, 4.69) is 5.32 Å². The number of halogens is 3. The summed E-state index contributed by atoms with van der Waals surface area (Å²) >= 11 is 0. The molecular weight excluding hydrogens is 397 g/mol. The number of carbonyl (C=O) groups excluding carboxylic acids is 2. The minimum Gasteiger partial charge on any atom is -0.381 e. The first-order chi connectivity index (χ1) is 14.3. The molecular formula is C22H21F3N2O3. The number of nitrogens with zero attached hydrogens (tertiary/aromatic N) is 1. The number of carbonyl (C=O) groups is 2. The van der Waals surface area contributed by atoms with E-state index in [0.717, 1.165) is 48.2 Å². The highest BCUT2D eigenvalue weighted by molar-refractivity contribution is 6.04. The Balaban J connectivity index is 1.44. The van der Waals surface area contributed by atoms with E-state index in [1.165, 1.54) is 0 Å². The standard InChI is InChI=1S/C22H21F3N2O3/c23-22(24,25)18-4-1-15(2-5-18)20(28)26-19-6-3-14-7-9-27(12-17(14)11-19)21(29)16-8-10-30-13-16/h1-6,11,16H,7-10,12-13H2,(H,26,28). The summed E-state index contributed by atoms with van der Waals surface area (Å²) < 4.78 is 43.4. The number of hydrogen-bond acceptors (Lipinski definition) is 3. The Labute approximate surface area is 171 Å². The van der Waals surface area contributed by atoms with E-state index in [1.54, 1.807) is 6.07 Å². The maximum atomic E-state index is 12.7. The van der Waals surface area contributed by atoms with Gasteiger partial charge in [-0.05, 0) is 60.4 Å². The van der Waals surface area contributed by atoms with Crippen molar-refractivity contribution in [2.75, 3.05) is 25.1 Å². The van der Waals surface area contributed by atoms with Crippen molar-refractivity contribution in [3.05, 3.63) is 64.7 Å². The molecule has 2 heterocycles. The molecule has 0 aliphatic carbocycles. The molecule has 2 amide bonds. The van der Waals surface area contributed by atoms with Gasteiger partial charge in [0.25, 0.3) is 5.91 Å². The normalized spacial score (nSPS) is 18.8. The highest BCUT2D eigenvalue weighted by atomic mass is 19.4. The summed E-state index contributed by atoms with van der Waals surface area (Å²) in [5.41, 5.74) is 1.95. The lowest BCUT2D eigenvalue weighted by Crippen LogP contribution is -2.40. The van der Waals surface area contributed by atoms with E-state index in [1.807, 2.05) is 17.0 Å². The maximum absolute atomic E-state index is 12.7. The van der Waals surface area contributed by atoms with Crippen LogP contribution in [0.15, 0.2) is 42.5 Å². The SMILES string of the molecule is O=C(Nc1ccc2c(c1)CN(C(=O)C1CCOC1)CC2)c1ccc(C(F)(F)F)cc1. The van der Waals surface area contributed by atoms with Crippen molar-refractivity contribution in [1.29, 1.82) is 0 Å². The quantitative estimate of drug-likeness (QED) is 0.823. The average molecular weight is 418 g/mol. The van der Waals surface area contributed by atoms with Crippen LogP contribution in [0.2, 0.25) is 0 Å². The Morgan fingerprint density at radius 3 is 2.50 bits per heavy atom. The largest absolute Gasteiger partial charge is 0.416 e. The Morgan fingerprint density at radius 1 is 1.07 bits per heavy atom. The van der Waals surface area contributed by atoms with Gasteiger partial charge >= 0.3 is 6.18 Å². The van der Waals surface area contributed by atoms with Gasteiger partial charge < -0.3 is 15.0 Å². The minimum absolute atomic E-state index is 0.0888. The number of ether oxygens (including phenoxy) is 1. The molecule has 8 heteroatoms. The maximum Gasteiger partial charge on any atom is 0.416 e. The molecule has 158 valence electrons. The van der Waals surface area contributed by atoms with Gasteiger partial charge in [0.15, 0.2) is 0 Å². The molecule has 2 aromatic rings. The van der Waals surface area contributed by atoms with Crippen molar-refractivity contribution in [3.63, 3.8) is 0 Å². The zero-order chi connectivity index (χ0) is 21.3. The van der Waals surface area contributed by atoms with Crippen LogP contribution in [0.5, 0.6) is 0 Å². The fourth-order valence-electron chi connectivity index (χ4n) is 3.82. The predicted octanol–water partition coefficient (Wildman–Crippen LogP) is 3.88. The zero-order valence-corrected chi connectivity index (χ0v) is 16.2. The molecule has 0 radical (unpaired) electrons. The van der Waals surface area contributed by atoms with Crippen LogP contribution in [0.1, 0.15) is 33.5 Å². The Bertz CT molecular complexity index is 951. The number of anilines is 1. The van der Waals surface area contributed by atoms with Gasteiger partial charge in [-0.25, -0.2) is 0 Å². The van der Waals surface area contributed by atoms with Crippen molar-refractivity contribution >= 4 is 17.5 Å². The molecule has 4 rings (SSSR count). The second-order valence-corrected chi connectivity index (χ2v) is 7.58. The van der Waals surface area contributed by atoms with Crippen LogP contribution >= 0.6 is 0 Å². The Hall–Kier alpha value is -2.87. The van der Waals surface area contributed by atoms with Crippen molar-refractivity contribution in [3.8, 4) is 0 Å². The third kappa shape index (κ3) is 4.33.